The molecule has 0 aromatic heterocycles. The van der Waals surface area contributed by atoms with E-state index in [2.05, 4.69) is 33.1 Å². The van der Waals surface area contributed by atoms with Gasteiger partial charge in [-0.15, -0.1) is 5.43 Å². The highest BCUT2D eigenvalue weighted by Crippen LogP contribution is 2.36. The highest BCUT2D eigenvalue weighted by atomic mass is 16.6. The first-order chi connectivity index (χ1) is 20.4. The van der Waals surface area contributed by atoms with Gasteiger partial charge in [-0.3, -0.25) is 4.79 Å². The molecular weight excluding hydrogens is 528 g/mol. The molecule has 1 amide bonds. The number of rotatable bonds is 12. The molecule has 5 atom stereocenters. The summed E-state index contributed by atoms with van der Waals surface area (Å²) >= 11 is 0. The van der Waals surface area contributed by atoms with E-state index in [1.54, 1.807) is 0 Å². The van der Waals surface area contributed by atoms with Crippen molar-refractivity contribution in [2.45, 2.75) is 72.1 Å². The summed E-state index contributed by atoms with van der Waals surface area (Å²) in [4.78, 5) is 13.7. The molecule has 0 radical (unpaired) electrons. The second-order valence-electron chi connectivity index (χ2n) is 11.7. The van der Waals surface area contributed by atoms with Gasteiger partial charge in [-0.05, 0) is 16.7 Å². The summed E-state index contributed by atoms with van der Waals surface area (Å²) in [5.41, 5.74) is 7.41. The van der Waals surface area contributed by atoms with Crippen molar-refractivity contribution in [2.75, 3.05) is 6.61 Å². The Morgan fingerprint density at radius 1 is 0.738 bits per heavy atom. The number of nitrogens with one attached hydrogen (secondary N) is 1. The molecular formula is C35H43N2O5+. The van der Waals surface area contributed by atoms with E-state index in [0.29, 0.717) is 26.4 Å². The first-order valence-corrected chi connectivity index (χ1v) is 15.0. The van der Waals surface area contributed by atoms with Crippen LogP contribution < -0.4 is 5.43 Å². The first-order valence-electron chi connectivity index (χ1n) is 15.0. The maximum absolute atomic E-state index is 13.7. The number of fused-ring (bicyclic) bond motifs is 1. The van der Waals surface area contributed by atoms with Crippen LogP contribution in [-0.4, -0.2) is 47.5 Å². The fourth-order valence-electron chi connectivity index (χ4n) is 6.05. The zero-order valence-corrected chi connectivity index (χ0v) is 25.0. The Labute approximate surface area is 249 Å². The lowest BCUT2D eigenvalue weighted by molar-refractivity contribution is -0.652. The number of nitrogens with zero attached hydrogens (tertiary/aromatic N) is 1. The van der Waals surface area contributed by atoms with Crippen molar-refractivity contribution in [1.82, 2.24) is 5.43 Å². The molecule has 7 heteroatoms. The SMILES string of the molecule is CC(C)C(C(C)C)=[N+]1NC(=O)C2C(OCc3ccccc3)C(OCc3ccccc3)C(COCc3ccccc3)OC21. The molecule has 5 unspecified atom stereocenters. The number of amides is 1. The number of hydrazine groups is 1. The summed E-state index contributed by atoms with van der Waals surface area (Å²) in [6, 6.07) is 30.1. The lowest BCUT2D eigenvalue weighted by atomic mass is 9.89. The van der Waals surface area contributed by atoms with Gasteiger partial charge in [0.2, 0.25) is 0 Å². The third kappa shape index (κ3) is 7.16. The van der Waals surface area contributed by atoms with Gasteiger partial charge in [-0.2, -0.15) is 0 Å². The van der Waals surface area contributed by atoms with E-state index in [4.69, 9.17) is 18.9 Å². The topological polar surface area (TPSA) is 69.0 Å². The van der Waals surface area contributed by atoms with Crippen molar-refractivity contribution in [3.05, 3.63) is 108 Å². The van der Waals surface area contributed by atoms with Gasteiger partial charge in [0.1, 0.15) is 18.3 Å². The predicted molar refractivity (Wildman–Crippen MR) is 161 cm³/mol. The van der Waals surface area contributed by atoms with E-state index in [1.807, 2.05) is 95.7 Å². The fourth-order valence-corrected chi connectivity index (χ4v) is 6.05. The fraction of sp³-hybridized carbons (Fsp3) is 0.429. The summed E-state index contributed by atoms with van der Waals surface area (Å²) in [6.45, 7) is 10.1. The van der Waals surface area contributed by atoms with Crippen molar-refractivity contribution in [1.29, 1.82) is 0 Å². The van der Waals surface area contributed by atoms with Crippen molar-refractivity contribution < 1.29 is 28.4 Å². The van der Waals surface area contributed by atoms with E-state index >= 15 is 0 Å². The van der Waals surface area contributed by atoms with Crippen LogP contribution >= 0.6 is 0 Å². The van der Waals surface area contributed by atoms with Crippen LogP contribution in [0.1, 0.15) is 44.4 Å². The molecule has 5 rings (SSSR count). The number of hydrogen-bond donors (Lipinski definition) is 1. The van der Waals surface area contributed by atoms with Crippen LogP contribution in [0.5, 0.6) is 0 Å². The lowest BCUT2D eigenvalue weighted by Gasteiger charge is -2.40. The van der Waals surface area contributed by atoms with Gasteiger partial charge in [-0.25, -0.2) is 0 Å². The van der Waals surface area contributed by atoms with Crippen LogP contribution in [0.2, 0.25) is 0 Å². The summed E-state index contributed by atoms with van der Waals surface area (Å²) in [7, 11) is 0. The molecule has 2 aliphatic heterocycles. The molecule has 7 nitrogen and oxygen atoms in total. The quantitative estimate of drug-likeness (QED) is 0.290. The van der Waals surface area contributed by atoms with E-state index in [9.17, 15) is 4.79 Å². The van der Waals surface area contributed by atoms with Crippen LogP contribution in [0, 0.1) is 17.8 Å². The van der Waals surface area contributed by atoms with Crippen molar-refractivity contribution >= 4 is 11.6 Å². The molecule has 2 fully saturated rings. The van der Waals surface area contributed by atoms with E-state index < -0.39 is 30.5 Å². The molecule has 3 aromatic rings. The third-order valence-electron chi connectivity index (χ3n) is 7.88. The largest absolute Gasteiger partial charge is 0.374 e. The highest BCUT2D eigenvalue weighted by Gasteiger charge is 2.61. The molecule has 3 aromatic carbocycles. The number of carbonyl (C=O) groups is 1. The molecule has 222 valence electrons. The van der Waals surface area contributed by atoms with Crippen LogP contribution in [0.4, 0.5) is 0 Å². The molecule has 2 heterocycles. The Balaban J connectivity index is 1.48. The molecule has 2 saturated heterocycles. The van der Waals surface area contributed by atoms with E-state index in [0.717, 1.165) is 22.4 Å². The van der Waals surface area contributed by atoms with Crippen molar-refractivity contribution in [2.24, 2.45) is 17.8 Å². The summed E-state index contributed by atoms with van der Waals surface area (Å²) in [5.74, 6) is -0.256. The number of carbonyl (C=O) groups excluding carboxylic acids is 1. The van der Waals surface area contributed by atoms with Gasteiger partial charge >= 0.3 is 6.23 Å². The normalized spacial score (nSPS) is 23.7. The van der Waals surface area contributed by atoms with Gasteiger partial charge in [-0.1, -0.05) is 123 Å². The van der Waals surface area contributed by atoms with Crippen molar-refractivity contribution in [3.63, 3.8) is 0 Å². The Bertz CT molecular complexity index is 1300. The monoisotopic (exact) mass is 571 g/mol. The van der Waals surface area contributed by atoms with Crippen LogP contribution in [-0.2, 0) is 43.6 Å². The Kier molecular flexibility index (Phi) is 10.2. The van der Waals surface area contributed by atoms with Gasteiger partial charge in [0.25, 0.3) is 5.91 Å². The standard InChI is InChI=1S/C35H42N2O5/c1-24(2)31(25(3)4)37-35-30(34(38)36-37)33(41-22-28-18-12-7-13-19-28)32(40-21-27-16-10-6-11-17-27)29(42-35)23-39-20-26-14-8-5-9-15-26/h5-19,24-25,29-30,32-33,35H,20-23H2,1-4H3/p+1. The minimum atomic E-state index is -0.577. The average molecular weight is 572 g/mol. The summed E-state index contributed by atoms with van der Waals surface area (Å²) < 4.78 is 28.2. The molecule has 42 heavy (non-hydrogen) atoms. The summed E-state index contributed by atoms with van der Waals surface area (Å²) in [6.07, 6.45) is -2.09. The second kappa shape index (κ2) is 14.2. The smallest absolute Gasteiger partial charge is 0.300 e. The zero-order chi connectivity index (χ0) is 29.5. The molecule has 0 aliphatic carbocycles. The molecule has 0 bridgehead atoms. The van der Waals surface area contributed by atoms with Gasteiger partial charge in [0, 0.05) is 11.8 Å². The number of ether oxygens (including phenoxy) is 4. The Morgan fingerprint density at radius 2 is 1.21 bits per heavy atom. The minimum absolute atomic E-state index is 0.117. The van der Waals surface area contributed by atoms with E-state index in [-0.39, 0.29) is 17.7 Å². The molecule has 0 saturated carbocycles. The van der Waals surface area contributed by atoms with Crippen LogP contribution in [0.15, 0.2) is 91.0 Å². The molecule has 1 N–H and O–H groups in total. The van der Waals surface area contributed by atoms with Gasteiger partial charge < -0.3 is 18.9 Å². The Hall–Kier alpha value is -3.36. The van der Waals surface area contributed by atoms with E-state index in [1.165, 1.54) is 0 Å². The van der Waals surface area contributed by atoms with Gasteiger partial charge in [0.15, 0.2) is 11.6 Å². The Morgan fingerprint density at radius 3 is 1.71 bits per heavy atom. The molecule has 0 spiro atoms. The number of benzene rings is 3. The highest BCUT2D eigenvalue weighted by molar-refractivity contribution is 5.86. The van der Waals surface area contributed by atoms with Crippen molar-refractivity contribution in [3.8, 4) is 0 Å². The maximum atomic E-state index is 13.7. The zero-order valence-electron chi connectivity index (χ0n) is 25.0. The predicted octanol–water partition coefficient (Wildman–Crippen LogP) is 5.53. The van der Waals surface area contributed by atoms with Crippen LogP contribution in [0.3, 0.4) is 0 Å². The average Bonchev–Trinajstić information content (AvgIpc) is 3.31. The number of hydrogen-bond acceptors (Lipinski definition) is 5. The van der Waals surface area contributed by atoms with Crippen LogP contribution in [0.25, 0.3) is 0 Å². The number of hydrazone groups is 1. The molecule has 2 aliphatic rings. The minimum Gasteiger partial charge on any atom is -0.374 e. The maximum Gasteiger partial charge on any atom is 0.300 e. The second-order valence-corrected chi connectivity index (χ2v) is 11.7. The first kappa shape index (κ1) is 30.1. The van der Waals surface area contributed by atoms with Gasteiger partial charge in [0.05, 0.1) is 26.4 Å². The summed E-state index contributed by atoms with van der Waals surface area (Å²) in [5, 5.41) is 0. The lowest BCUT2D eigenvalue weighted by Crippen LogP contribution is -2.59. The third-order valence-corrected chi connectivity index (χ3v) is 7.88.